The van der Waals surface area contributed by atoms with Crippen molar-refractivity contribution in [3.8, 4) is 11.6 Å². The van der Waals surface area contributed by atoms with E-state index in [0.717, 1.165) is 12.1 Å². The fraction of sp³-hybridized carbons (Fsp3) is 0.259. The number of benzene rings is 3. The molecule has 0 aliphatic carbocycles. The van der Waals surface area contributed by atoms with E-state index in [0.29, 0.717) is 11.8 Å². The molecule has 1 nitrogen and oxygen atoms in total. The van der Waals surface area contributed by atoms with E-state index in [1.807, 2.05) is 6.07 Å². The molecule has 0 N–H and O–H groups in total. The third kappa shape index (κ3) is 3.96. The van der Waals surface area contributed by atoms with Crippen molar-refractivity contribution in [2.75, 3.05) is 4.67 Å². The summed E-state index contributed by atoms with van der Waals surface area (Å²) in [6.07, 6.45) is 0. The summed E-state index contributed by atoms with van der Waals surface area (Å²) < 4.78 is 2.60. The molecular weight excluding hydrogens is 369 g/mol. The van der Waals surface area contributed by atoms with Gasteiger partial charge in [0.2, 0.25) is 0 Å². The van der Waals surface area contributed by atoms with Crippen LogP contribution in [0, 0.1) is 11.6 Å². The lowest BCUT2D eigenvalue weighted by Gasteiger charge is -2.30. The maximum absolute atomic E-state index is 3.68. The Morgan fingerprint density at radius 2 is 1.38 bits per heavy atom. The van der Waals surface area contributed by atoms with Gasteiger partial charge in [0, 0.05) is 23.1 Å². The predicted molar refractivity (Wildman–Crippen MR) is 127 cm³/mol. The van der Waals surface area contributed by atoms with Crippen molar-refractivity contribution in [2.24, 2.45) is 0 Å². The molecule has 0 fully saturated rings. The second kappa shape index (κ2) is 8.44. The molecule has 0 amide bonds. The largest absolute Gasteiger partial charge is 0.332 e. The van der Waals surface area contributed by atoms with Gasteiger partial charge in [0.05, 0.1) is 0 Å². The van der Waals surface area contributed by atoms with Crippen molar-refractivity contribution in [1.29, 1.82) is 0 Å². The minimum absolute atomic E-state index is 0.478. The Morgan fingerprint density at radius 1 is 0.759 bits per heavy atom. The average Bonchev–Trinajstić information content (AvgIpc) is 3.10. The van der Waals surface area contributed by atoms with E-state index in [-0.39, 0.29) is 0 Å². The molecule has 3 aromatic rings. The number of hydrogen-bond donors (Lipinski definition) is 0. The summed E-state index contributed by atoms with van der Waals surface area (Å²) in [5.74, 6) is 4.42. The van der Waals surface area contributed by atoms with Gasteiger partial charge in [-0.1, -0.05) is 94.3 Å². The zero-order valence-corrected chi connectivity index (χ0v) is 18.6. The van der Waals surface area contributed by atoms with E-state index < -0.39 is 8.07 Å². The Labute approximate surface area is 176 Å². The molecule has 1 atom stereocenters. The van der Waals surface area contributed by atoms with Crippen LogP contribution < -0.4 is 9.97 Å². The second-order valence-corrected chi connectivity index (χ2v) is 10.0. The van der Waals surface area contributed by atoms with Crippen LogP contribution in [0.2, 0.25) is 0 Å². The van der Waals surface area contributed by atoms with Crippen molar-refractivity contribution in [2.45, 2.75) is 46.1 Å². The molecule has 2 heteroatoms. The Balaban J connectivity index is 1.86. The zero-order chi connectivity index (χ0) is 20.4. The molecule has 1 heterocycles. The highest BCUT2D eigenvalue weighted by Crippen LogP contribution is 2.52. The van der Waals surface area contributed by atoms with Crippen LogP contribution in [0.4, 0.5) is 5.69 Å². The summed E-state index contributed by atoms with van der Waals surface area (Å²) >= 11 is 0. The standard InChI is InChI=1S/C27H28NP/c1-20(2)24-14-10-15-25(21(3)4)27(24)28-19-23-13-8-9-16-26(23)29(28)18-17-22-11-6-5-7-12-22/h5-16,20-21H,19H2,1-4H3. The summed E-state index contributed by atoms with van der Waals surface area (Å²) in [5, 5.41) is 1.40. The third-order valence-electron chi connectivity index (χ3n) is 5.46. The number of para-hydroxylation sites is 1. The molecule has 29 heavy (non-hydrogen) atoms. The molecule has 0 radical (unpaired) electrons. The van der Waals surface area contributed by atoms with Gasteiger partial charge in [0.15, 0.2) is 0 Å². The first-order chi connectivity index (χ1) is 14.1. The number of nitrogens with zero attached hydrogens (tertiary/aromatic N) is 1. The molecule has 1 aliphatic rings. The fourth-order valence-electron chi connectivity index (χ4n) is 3.96. The summed E-state index contributed by atoms with van der Waals surface area (Å²) in [6.45, 7) is 10.1. The highest BCUT2D eigenvalue weighted by molar-refractivity contribution is 7.72. The van der Waals surface area contributed by atoms with E-state index in [4.69, 9.17) is 0 Å². The normalized spacial score (nSPS) is 15.4. The van der Waals surface area contributed by atoms with Gasteiger partial charge >= 0.3 is 0 Å². The minimum atomic E-state index is -0.734. The number of fused-ring (bicyclic) bond motifs is 1. The quantitative estimate of drug-likeness (QED) is 0.340. The Hall–Kier alpha value is -2.55. The highest BCUT2D eigenvalue weighted by atomic mass is 31.1. The van der Waals surface area contributed by atoms with Crippen LogP contribution in [-0.4, -0.2) is 0 Å². The van der Waals surface area contributed by atoms with Crippen LogP contribution in [0.5, 0.6) is 0 Å². The van der Waals surface area contributed by atoms with Crippen molar-refractivity contribution in [1.82, 2.24) is 0 Å². The van der Waals surface area contributed by atoms with Gasteiger partial charge in [-0.25, -0.2) is 0 Å². The van der Waals surface area contributed by atoms with Crippen LogP contribution in [0.3, 0.4) is 0 Å². The van der Waals surface area contributed by atoms with E-state index in [9.17, 15) is 0 Å². The molecule has 3 aromatic carbocycles. The van der Waals surface area contributed by atoms with Crippen molar-refractivity contribution in [3.05, 3.63) is 95.1 Å². The Bertz CT molecular complexity index is 1030. The van der Waals surface area contributed by atoms with Gasteiger partial charge < -0.3 is 4.67 Å². The van der Waals surface area contributed by atoms with Crippen LogP contribution in [0.25, 0.3) is 0 Å². The molecular formula is C27H28NP. The van der Waals surface area contributed by atoms with E-state index >= 15 is 0 Å². The van der Waals surface area contributed by atoms with Gasteiger partial charge in [-0.3, -0.25) is 0 Å². The average molecular weight is 398 g/mol. The summed E-state index contributed by atoms with van der Waals surface area (Å²) in [6, 6.07) is 26.0. The van der Waals surface area contributed by atoms with Crippen LogP contribution in [-0.2, 0) is 6.54 Å². The lowest BCUT2D eigenvalue weighted by atomic mass is 9.92. The van der Waals surface area contributed by atoms with Gasteiger partial charge in [-0.15, -0.1) is 0 Å². The molecule has 0 saturated heterocycles. The van der Waals surface area contributed by atoms with Crippen molar-refractivity contribution < 1.29 is 0 Å². The molecule has 0 aromatic heterocycles. The predicted octanol–water partition coefficient (Wildman–Crippen LogP) is 6.99. The molecule has 4 rings (SSSR count). The van der Waals surface area contributed by atoms with Gasteiger partial charge in [0.1, 0.15) is 8.07 Å². The molecule has 146 valence electrons. The lowest BCUT2D eigenvalue weighted by Crippen LogP contribution is -2.16. The summed E-state index contributed by atoms with van der Waals surface area (Å²) in [7, 11) is -0.734. The maximum atomic E-state index is 3.68. The maximum Gasteiger partial charge on any atom is 0.104 e. The summed E-state index contributed by atoms with van der Waals surface area (Å²) in [5.41, 5.74) is 10.4. The molecule has 1 unspecified atom stereocenters. The van der Waals surface area contributed by atoms with Crippen molar-refractivity contribution in [3.63, 3.8) is 0 Å². The molecule has 1 aliphatic heterocycles. The zero-order valence-electron chi connectivity index (χ0n) is 17.7. The molecule has 0 spiro atoms. The van der Waals surface area contributed by atoms with E-state index in [2.05, 4.69) is 111 Å². The first kappa shape index (κ1) is 19.8. The Kier molecular flexibility index (Phi) is 5.75. The number of anilines is 1. The van der Waals surface area contributed by atoms with Crippen molar-refractivity contribution >= 4 is 19.1 Å². The third-order valence-corrected chi connectivity index (χ3v) is 7.50. The molecule has 0 bridgehead atoms. The van der Waals surface area contributed by atoms with Crippen LogP contribution in [0.1, 0.15) is 61.8 Å². The van der Waals surface area contributed by atoms with E-state index in [1.54, 1.807) is 0 Å². The number of rotatable bonds is 3. The van der Waals surface area contributed by atoms with E-state index in [1.165, 1.54) is 27.7 Å². The smallest absolute Gasteiger partial charge is 0.104 e. The minimum Gasteiger partial charge on any atom is -0.332 e. The first-order valence-corrected chi connectivity index (χ1v) is 11.7. The number of hydrogen-bond acceptors (Lipinski definition) is 1. The van der Waals surface area contributed by atoms with Gasteiger partial charge in [0.25, 0.3) is 0 Å². The SMILES string of the molecule is CC(C)c1cccc(C(C)C)c1N1Cc2ccccc2P1C#Cc1ccccc1. The van der Waals surface area contributed by atoms with Gasteiger partial charge in [-0.05, 0) is 46.3 Å². The Morgan fingerprint density at radius 3 is 2.03 bits per heavy atom. The van der Waals surface area contributed by atoms with Gasteiger partial charge in [-0.2, -0.15) is 0 Å². The first-order valence-electron chi connectivity index (χ1n) is 10.4. The van der Waals surface area contributed by atoms with Crippen LogP contribution >= 0.6 is 8.07 Å². The summed E-state index contributed by atoms with van der Waals surface area (Å²) in [4.78, 5) is 0. The van der Waals surface area contributed by atoms with Crippen LogP contribution in [0.15, 0.2) is 72.8 Å². The molecule has 0 saturated carbocycles. The second-order valence-electron chi connectivity index (χ2n) is 8.20. The monoisotopic (exact) mass is 397 g/mol. The highest BCUT2D eigenvalue weighted by Gasteiger charge is 2.32. The fourth-order valence-corrected chi connectivity index (χ4v) is 6.07. The lowest BCUT2D eigenvalue weighted by molar-refractivity contribution is 0.825. The topological polar surface area (TPSA) is 3.24 Å².